The Kier molecular flexibility index (Phi) is 3.62. The van der Waals surface area contributed by atoms with Crippen molar-refractivity contribution < 1.29 is 22.8 Å². The van der Waals surface area contributed by atoms with Gasteiger partial charge in [-0.05, 0) is 19.1 Å². The molecule has 2 rings (SSSR count). The van der Waals surface area contributed by atoms with Crippen molar-refractivity contribution in [2.75, 3.05) is 0 Å². The van der Waals surface area contributed by atoms with Crippen molar-refractivity contribution in [2.24, 2.45) is 0 Å². The van der Waals surface area contributed by atoms with Gasteiger partial charge >= 0.3 is 6.18 Å². The first kappa shape index (κ1) is 15.5. The number of carbonyl (C=O) groups is 2. The maximum absolute atomic E-state index is 13.5. The highest BCUT2D eigenvalue weighted by molar-refractivity contribution is 6.04. The fourth-order valence-electron chi connectivity index (χ4n) is 2.10. The average Bonchev–Trinajstić information content (AvgIpc) is 2.70. The maximum atomic E-state index is 13.5. The molecule has 0 spiro atoms. The molecule has 0 radical (unpaired) electrons. The van der Waals surface area contributed by atoms with Crippen LogP contribution in [0.5, 0.6) is 0 Å². The predicted molar refractivity (Wildman–Crippen MR) is 66.9 cm³/mol. The lowest BCUT2D eigenvalue weighted by molar-refractivity contribution is -0.184. The van der Waals surface area contributed by atoms with Gasteiger partial charge in [0.15, 0.2) is 0 Å². The zero-order chi connectivity index (χ0) is 16.5. The Bertz CT molecular complexity index is 706. The van der Waals surface area contributed by atoms with E-state index in [0.29, 0.717) is 0 Å². The maximum Gasteiger partial charge on any atom is 0.425 e. The number of allylic oxidation sites excluding steroid dienone is 1. The normalized spacial score (nSPS) is 21.3. The lowest BCUT2D eigenvalue weighted by Crippen LogP contribution is -2.64. The molecule has 0 bridgehead atoms. The molecule has 6 nitrogen and oxygen atoms in total. The van der Waals surface area contributed by atoms with E-state index in [2.05, 4.69) is 4.98 Å². The molecular weight excluding hydrogens is 301 g/mol. The number of alkyl halides is 3. The molecular formula is C13H9F3N4O2. The van der Waals surface area contributed by atoms with Gasteiger partial charge in [-0.3, -0.25) is 14.6 Å². The molecule has 0 aromatic carbocycles. The van der Waals surface area contributed by atoms with E-state index < -0.39 is 29.1 Å². The molecule has 1 aromatic heterocycles. The fourth-order valence-corrected chi connectivity index (χ4v) is 2.10. The molecule has 0 unspecified atom stereocenters. The number of nitrogens with one attached hydrogen (secondary N) is 2. The van der Waals surface area contributed by atoms with Crippen molar-refractivity contribution in [3.8, 4) is 6.07 Å². The van der Waals surface area contributed by atoms with Crippen molar-refractivity contribution in [1.82, 2.24) is 15.6 Å². The first-order chi connectivity index (χ1) is 10.2. The number of hydrogen-bond donors (Lipinski definition) is 2. The summed E-state index contributed by atoms with van der Waals surface area (Å²) in [5.41, 5.74) is -4.65. The van der Waals surface area contributed by atoms with Crippen molar-refractivity contribution in [1.29, 1.82) is 5.26 Å². The molecule has 9 heteroatoms. The standard InChI is InChI=1S/C13H9F3N4O2/c1-7-9(6-17)12(11(22)19-7,13(14,15)16)20-10(21)8-2-4-18-5-3-8/h2-5H,1H3,(H,19,22)(H,20,21)/t12-/m0/s1. The van der Waals surface area contributed by atoms with Crippen molar-refractivity contribution in [3.05, 3.63) is 41.4 Å². The van der Waals surface area contributed by atoms with Gasteiger partial charge in [0, 0.05) is 23.7 Å². The molecule has 1 atom stereocenters. The van der Waals surface area contributed by atoms with Crippen molar-refractivity contribution >= 4 is 11.8 Å². The Balaban J connectivity index is 2.52. The van der Waals surface area contributed by atoms with Crippen LogP contribution >= 0.6 is 0 Å². The fraction of sp³-hybridized carbons (Fsp3) is 0.231. The smallest absolute Gasteiger partial charge is 0.326 e. The second-order valence-corrected chi connectivity index (χ2v) is 4.50. The Hall–Kier alpha value is -2.89. The minimum Gasteiger partial charge on any atom is -0.326 e. The number of nitriles is 1. The third kappa shape index (κ3) is 2.18. The van der Waals surface area contributed by atoms with E-state index in [0.717, 1.165) is 6.92 Å². The molecule has 22 heavy (non-hydrogen) atoms. The Labute approximate surface area is 122 Å². The molecule has 2 N–H and O–H groups in total. The summed E-state index contributed by atoms with van der Waals surface area (Å²) in [7, 11) is 0. The van der Waals surface area contributed by atoms with Crippen LogP contribution in [0.15, 0.2) is 35.8 Å². The van der Waals surface area contributed by atoms with Gasteiger partial charge in [-0.25, -0.2) is 0 Å². The number of aromatic nitrogens is 1. The third-order valence-electron chi connectivity index (χ3n) is 3.17. The molecule has 114 valence electrons. The van der Waals surface area contributed by atoms with Crippen LogP contribution < -0.4 is 10.6 Å². The monoisotopic (exact) mass is 310 g/mol. The lowest BCUT2D eigenvalue weighted by atomic mass is 9.90. The first-order valence-electron chi connectivity index (χ1n) is 5.96. The minimum atomic E-state index is -5.18. The Morgan fingerprint density at radius 3 is 2.50 bits per heavy atom. The van der Waals surface area contributed by atoms with Gasteiger partial charge in [0.25, 0.3) is 17.4 Å². The van der Waals surface area contributed by atoms with E-state index in [1.165, 1.54) is 30.6 Å². The average molecular weight is 310 g/mol. The first-order valence-corrected chi connectivity index (χ1v) is 5.96. The summed E-state index contributed by atoms with van der Waals surface area (Å²) >= 11 is 0. The number of hydrogen-bond acceptors (Lipinski definition) is 4. The van der Waals surface area contributed by atoms with Crippen LogP contribution in [-0.2, 0) is 4.79 Å². The summed E-state index contributed by atoms with van der Waals surface area (Å²) in [5.74, 6) is -2.66. The van der Waals surface area contributed by atoms with Crippen LogP contribution in [0.2, 0.25) is 0 Å². The van der Waals surface area contributed by atoms with Gasteiger partial charge in [0.2, 0.25) is 0 Å². The van der Waals surface area contributed by atoms with Crippen LogP contribution in [0.25, 0.3) is 0 Å². The highest BCUT2D eigenvalue weighted by Gasteiger charge is 2.67. The summed E-state index contributed by atoms with van der Waals surface area (Å²) in [6.07, 6.45) is -2.74. The second-order valence-electron chi connectivity index (χ2n) is 4.50. The highest BCUT2D eigenvalue weighted by atomic mass is 19.4. The minimum absolute atomic E-state index is 0.117. The zero-order valence-corrected chi connectivity index (χ0v) is 11.2. The van der Waals surface area contributed by atoms with Gasteiger partial charge in [-0.2, -0.15) is 18.4 Å². The molecule has 1 aliphatic heterocycles. The quantitative estimate of drug-likeness (QED) is 0.853. The van der Waals surface area contributed by atoms with Gasteiger partial charge in [0.05, 0.1) is 11.6 Å². The molecule has 0 fully saturated rings. The predicted octanol–water partition coefficient (Wildman–Crippen LogP) is 1.04. The molecule has 1 aliphatic rings. The van der Waals surface area contributed by atoms with Crippen molar-refractivity contribution in [3.63, 3.8) is 0 Å². The third-order valence-corrected chi connectivity index (χ3v) is 3.17. The van der Waals surface area contributed by atoms with Gasteiger partial charge < -0.3 is 10.6 Å². The van der Waals surface area contributed by atoms with Crippen LogP contribution in [0.4, 0.5) is 13.2 Å². The van der Waals surface area contributed by atoms with E-state index in [1.54, 1.807) is 5.32 Å². The number of amides is 2. The molecule has 1 aromatic rings. The molecule has 0 saturated carbocycles. The number of rotatable bonds is 2. The summed E-state index contributed by atoms with van der Waals surface area (Å²) in [6, 6.07) is 3.73. The van der Waals surface area contributed by atoms with E-state index in [-0.39, 0.29) is 11.3 Å². The summed E-state index contributed by atoms with van der Waals surface area (Å²) in [5, 5.41) is 12.6. The van der Waals surface area contributed by atoms with Gasteiger partial charge in [-0.1, -0.05) is 0 Å². The van der Waals surface area contributed by atoms with E-state index in [1.807, 2.05) is 5.32 Å². The lowest BCUT2D eigenvalue weighted by Gasteiger charge is -2.30. The topological polar surface area (TPSA) is 94.9 Å². The molecule has 2 amide bonds. The largest absolute Gasteiger partial charge is 0.425 e. The molecule has 2 heterocycles. The van der Waals surface area contributed by atoms with E-state index >= 15 is 0 Å². The van der Waals surface area contributed by atoms with Crippen LogP contribution in [-0.4, -0.2) is 28.5 Å². The SMILES string of the molecule is CC1=C(C#N)[C@@](NC(=O)c2ccncc2)(C(F)(F)F)C(=O)N1. The zero-order valence-electron chi connectivity index (χ0n) is 11.2. The molecule has 0 aliphatic carbocycles. The number of nitrogens with zero attached hydrogens (tertiary/aromatic N) is 2. The summed E-state index contributed by atoms with van der Waals surface area (Å²) < 4.78 is 40.4. The van der Waals surface area contributed by atoms with E-state index in [9.17, 15) is 22.8 Å². The Morgan fingerprint density at radius 1 is 1.41 bits per heavy atom. The highest BCUT2D eigenvalue weighted by Crippen LogP contribution is 2.40. The number of pyridine rings is 1. The summed E-state index contributed by atoms with van der Waals surface area (Å²) in [6.45, 7) is 1.16. The molecule has 0 saturated heterocycles. The van der Waals surface area contributed by atoms with Gasteiger partial charge in [0.1, 0.15) is 0 Å². The van der Waals surface area contributed by atoms with Gasteiger partial charge in [-0.15, -0.1) is 0 Å². The second kappa shape index (κ2) is 5.14. The van der Waals surface area contributed by atoms with Crippen LogP contribution in [0.1, 0.15) is 17.3 Å². The van der Waals surface area contributed by atoms with Crippen LogP contribution in [0.3, 0.4) is 0 Å². The van der Waals surface area contributed by atoms with Crippen LogP contribution in [0, 0.1) is 11.3 Å². The number of carbonyl (C=O) groups excluding carboxylic acids is 2. The Morgan fingerprint density at radius 2 is 2.00 bits per heavy atom. The summed E-state index contributed by atoms with van der Waals surface area (Å²) in [4.78, 5) is 27.5. The van der Waals surface area contributed by atoms with E-state index in [4.69, 9.17) is 5.26 Å². The number of halogens is 3. The van der Waals surface area contributed by atoms with Crippen molar-refractivity contribution in [2.45, 2.75) is 18.6 Å².